The van der Waals surface area contributed by atoms with Crippen LogP contribution < -0.4 is 0 Å². The highest BCUT2D eigenvalue weighted by Crippen LogP contribution is 2.36. The van der Waals surface area contributed by atoms with E-state index in [1.54, 1.807) is 0 Å². The van der Waals surface area contributed by atoms with Crippen molar-refractivity contribution in [1.82, 2.24) is 9.80 Å². The van der Waals surface area contributed by atoms with Crippen LogP contribution in [0.3, 0.4) is 0 Å². The van der Waals surface area contributed by atoms with Crippen LogP contribution in [0.5, 0.6) is 0 Å². The van der Waals surface area contributed by atoms with Crippen molar-refractivity contribution in [2.45, 2.75) is 51.5 Å². The van der Waals surface area contributed by atoms with Crippen LogP contribution in [-0.2, 0) is 9.59 Å². The Hall–Kier alpha value is -0.170. The number of hydrogen-bond acceptors (Lipinski definition) is 3. The lowest BCUT2D eigenvalue weighted by atomic mass is 9.80. The Labute approximate surface area is 141 Å². The summed E-state index contributed by atoms with van der Waals surface area (Å²) >= 11 is 1.91. The third-order valence-electron chi connectivity index (χ3n) is 5.43. The molecule has 2 rings (SSSR count). The Morgan fingerprint density at radius 3 is 2.05 bits per heavy atom. The molecule has 1 saturated carbocycles. The summed E-state index contributed by atoms with van der Waals surface area (Å²) in [6.07, 6.45) is 5.91. The Kier molecular flexibility index (Phi) is 5.68. The molecule has 2 fully saturated rings. The minimum atomic E-state index is -0.222. The van der Waals surface area contributed by atoms with Gasteiger partial charge in [0.15, 0.2) is 3.79 Å². The first-order valence-electron chi connectivity index (χ1n) is 7.98. The molecule has 0 unspecified atom stereocenters. The van der Waals surface area contributed by atoms with Gasteiger partial charge in [-0.2, -0.15) is 0 Å². The number of halogens is 1. The molecule has 0 aromatic rings. The van der Waals surface area contributed by atoms with E-state index in [2.05, 4.69) is 19.0 Å². The van der Waals surface area contributed by atoms with Gasteiger partial charge in [-0.1, -0.05) is 6.92 Å². The highest BCUT2D eigenvalue weighted by Gasteiger charge is 2.38. The number of rotatable bonds is 3. The molecule has 0 bridgehead atoms. The Balaban J connectivity index is 1.84. The van der Waals surface area contributed by atoms with Crippen molar-refractivity contribution in [3.63, 3.8) is 0 Å². The molecule has 0 spiro atoms. The topological polar surface area (TPSA) is 40.6 Å². The molecule has 5 heteroatoms. The van der Waals surface area contributed by atoms with E-state index in [-0.39, 0.29) is 15.1 Å². The lowest BCUT2D eigenvalue weighted by Crippen LogP contribution is -2.47. The highest BCUT2D eigenvalue weighted by atomic mass is 127. The van der Waals surface area contributed by atoms with Gasteiger partial charge in [0.1, 0.15) is 0 Å². The fourth-order valence-corrected chi connectivity index (χ4v) is 4.05. The Morgan fingerprint density at radius 2 is 1.62 bits per heavy atom. The van der Waals surface area contributed by atoms with Crippen LogP contribution in [0.15, 0.2) is 0 Å². The van der Waals surface area contributed by atoms with Crippen LogP contribution in [-0.4, -0.2) is 52.7 Å². The van der Waals surface area contributed by atoms with Gasteiger partial charge in [-0.3, -0.25) is 9.59 Å². The second-order valence-electron chi connectivity index (χ2n) is 7.13. The summed E-state index contributed by atoms with van der Waals surface area (Å²) in [5.74, 6) is 0.538. The van der Waals surface area contributed by atoms with E-state index >= 15 is 0 Å². The molecule has 21 heavy (non-hydrogen) atoms. The molecular formula is C16H27IN2O2. The molecule has 2 aliphatic rings. The van der Waals surface area contributed by atoms with E-state index in [0.717, 1.165) is 51.6 Å². The fourth-order valence-electron chi connectivity index (χ4n) is 3.51. The molecule has 0 aromatic heterocycles. The summed E-state index contributed by atoms with van der Waals surface area (Å²) in [7, 11) is 4.25. The third-order valence-corrected chi connectivity index (χ3v) is 6.73. The van der Waals surface area contributed by atoms with Gasteiger partial charge >= 0.3 is 0 Å². The summed E-state index contributed by atoms with van der Waals surface area (Å²) in [4.78, 5) is 28.6. The maximum atomic E-state index is 12.6. The molecule has 120 valence electrons. The van der Waals surface area contributed by atoms with Crippen LogP contribution in [0.25, 0.3) is 0 Å². The lowest BCUT2D eigenvalue weighted by molar-refractivity contribution is -0.140. The van der Waals surface area contributed by atoms with E-state index in [1.165, 1.54) is 0 Å². The Bertz CT molecular complexity index is 395. The standard InChI is InChI=1S/C16H27IN2O2/c1-16(15(17)21)8-10-19(11-9-16)14(20)12-4-6-13(7-5-12)18(2)3/h12-13H,4-11H2,1-3H3. The van der Waals surface area contributed by atoms with Gasteiger partial charge < -0.3 is 9.80 Å². The summed E-state index contributed by atoms with van der Waals surface area (Å²) in [6.45, 7) is 3.53. The molecule has 0 radical (unpaired) electrons. The van der Waals surface area contributed by atoms with Crippen molar-refractivity contribution in [3.05, 3.63) is 0 Å². The summed E-state index contributed by atoms with van der Waals surface area (Å²) in [5.41, 5.74) is -0.222. The second kappa shape index (κ2) is 6.94. The normalized spacial score (nSPS) is 29.5. The predicted molar refractivity (Wildman–Crippen MR) is 92.4 cm³/mol. The van der Waals surface area contributed by atoms with E-state index in [4.69, 9.17) is 0 Å². The number of carbonyl (C=O) groups is 2. The van der Waals surface area contributed by atoms with Crippen molar-refractivity contribution < 1.29 is 9.59 Å². The molecular weight excluding hydrogens is 379 g/mol. The molecule has 1 heterocycles. The number of likely N-dealkylation sites (tertiary alicyclic amines) is 1. The molecule has 1 amide bonds. The van der Waals surface area contributed by atoms with Crippen LogP contribution >= 0.6 is 22.6 Å². The van der Waals surface area contributed by atoms with Crippen LogP contribution in [0.2, 0.25) is 0 Å². The van der Waals surface area contributed by atoms with Gasteiger partial charge in [0.25, 0.3) is 0 Å². The van der Waals surface area contributed by atoms with E-state index in [0.29, 0.717) is 11.9 Å². The van der Waals surface area contributed by atoms with E-state index in [1.807, 2.05) is 34.4 Å². The third kappa shape index (κ3) is 3.97. The highest BCUT2D eigenvalue weighted by molar-refractivity contribution is 14.1. The average Bonchev–Trinajstić information content (AvgIpc) is 2.47. The molecule has 0 atom stereocenters. The summed E-state index contributed by atoms with van der Waals surface area (Å²) < 4.78 is 0.235. The van der Waals surface area contributed by atoms with Gasteiger partial charge in [0.05, 0.1) is 0 Å². The quantitative estimate of drug-likeness (QED) is 0.535. The Morgan fingerprint density at radius 1 is 1.10 bits per heavy atom. The van der Waals surface area contributed by atoms with Crippen LogP contribution in [0.1, 0.15) is 45.4 Å². The first kappa shape index (κ1) is 17.2. The van der Waals surface area contributed by atoms with Gasteiger partial charge in [0, 0.05) is 53.1 Å². The number of carbonyl (C=O) groups excluding carboxylic acids is 2. The summed E-state index contributed by atoms with van der Waals surface area (Å²) in [5, 5.41) is 0. The van der Waals surface area contributed by atoms with Crippen LogP contribution in [0.4, 0.5) is 0 Å². The smallest absolute Gasteiger partial charge is 0.225 e. The first-order valence-corrected chi connectivity index (χ1v) is 9.06. The molecule has 4 nitrogen and oxygen atoms in total. The van der Waals surface area contributed by atoms with E-state index < -0.39 is 0 Å². The minimum Gasteiger partial charge on any atom is -0.342 e. The maximum absolute atomic E-state index is 12.6. The first-order chi connectivity index (χ1) is 9.83. The van der Waals surface area contributed by atoms with Crippen molar-refractivity contribution in [3.8, 4) is 0 Å². The fraction of sp³-hybridized carbons (Fsp3) is 0.875. The molecule has 0 N–H and O–H groups in total. The predicted octanol–water partition coefficient (Wildman–Crippen LogP) is 2.70. The number of amides is 1. The zero-order valence-corrected chi connectivity index (χ0v) is 15.6. The van der Waals surface area contributed by atoms with Gasteiger partial charge in [-0.05, 0) is 52.6 Å². The number of piperidine rings is 1. The maximum Gasteiger partial charge on any atom is 0.225 e. The van der Waals surface area contributed by atoms with Crippen molar-refractivity contribution in [2.24, 2.45) is 11.3 Å². The largest absolute Gasteiger partial charge is 0.342 e. The SMILES string of the molecule is CN(C)C1CCC(C(=O)N2CCC(C)(C(=O)I)CC2)CC1. The van der Waals surface area contributed by atoms with Crippen molar-refractivity contribution in [1.29, 1.82) is 0 Å². The second-order valence-corrected chi connectivity index (χ2v) is 8.11. The number of nitrogens with zero attached hydrogens (tertiary/aromatic N) is 2. The number of hydrogen-bond donors (Lipinski definition) is 0. The van der Waals surface area contributed by atoms with Crippen LogP contribution in [0, 0.1) is 11.3 Å². The summed E-state index contributed by atoms with van der Waals surface area (Å²) in [6, 6.07) is 0.635. The molecule has 1 aliphatic heterocycles. The van der Waals surface area contributed by atoms with Crippen molar-refractivity contribution >= 4 is 32.3 Å². The zero-order valence-electron chi connectivity index (χ0n) is 13.4. The molecule has 0 aromatic carbocycles. The van der Waals surface area contributed by atoms with Crippen molar-refractivity contribution in [2.75, 3.05) is 27.2 Å². The zero-order chi connectivity index (χ0) is 15.6. The van der Waals surface area contributed by atoms with E-state index in [9.17, 15) is 9.59 Å². The average molecular weight is 406 g/mol. The molecule has 1 aliphatic carbocycles. The minimum absolute atomic E-state index is 0.209. The monoisotopic (exact) mass is 406 g/mol. The molecule has 1 saturated heterocycles. The van der Waals surface area contributed by atoms with Gasteiger partial charge in [0.2, 0.25) is 5.91 Å². The van der Waals surface area contributed by atoms with Gasteiger partial charge in [-0.25, -0.2) is 0 Å². The van der Waals surface area contributed by atoms with Gasteiger partial charge in [-0.15, -0.1) is 0 Å². The lowest BCUT2D eigenvalue weighted by Gasteiger charge is -2.40.